The Labute approximate surface area is 140 Å². The number of halogens is 4. The Kier molecular flexibility index (Phi) is 5.63. The van der Waals surface area contributed by atoms with Gasteiger partial charge >= 0.3 is 0 Å². The van der Waals surface area contributed by atoms with E-state index in [4.69, 9.17) is 28.9 Å². The van der Waals surface area contributed by atoms with Crippen molar-refractivity contribution in [2.45, 2.75) is 12.0 Å². The van der Waals surface area contributed by atoms with E-state index in [1.165, 1.54) is 12.1 Å². The molecule has 0 radical (unpaired) electrons. The Morgan fingerprint density at radius 2 is 1.81 bits per heavy atom. The van der Waals surface area contributed by atoms with Gasteiger partial charge in [0.2, 0.25) is 0 Å². The van der Waals surface area contributed by atoms with Crippen molar-refractivity contribution in [2.75, 3.05) is 6.54 Å². The van der Waals surface area contributed by atoms with Gasteiger partial charge in [0.05, 0.1) is 10.6 Å². The van der Waals surface area contributed by atoms with Gasteiger partial charge in [0.1, 0.15) is 5.82 Å². The lowest BCUT2D eigenvalue weighted by molar-refractivity contribution is 0.147. The number of benzene rings is 2. The number of hydrogen-bond acceptors (Lipinski definition) is 2. The van der Waals surface area contributed by atoms with E-state index in [2.05, 4.69) is 15.9 Å². The number of aliphatic hydroxyl groups is 1. The third-order valence-electron chi connectivity index (χ3n) is 3.29. The van der Waals surface area contributed by atoms with Gasteiger partial charge in [0.25, 0.3) is 0 Å². The van der Waals surface area contributed by atoms with Gasteiger partial charge in [-0.25, -0.2) is 4.39 Å². The molecule has 0 aliphatic heterocycles. The minimum atomic E-state index is -1.00. The average molecular weight is 393 g/mol. The highest BCUT2D eigenvalue weighted by Gasteiger charge is 2.26. The zero-order valence-corrected chi connectivity index (χ0v) is 14.0. The molecular formula is C15H13BrCl2FNO. The molecule has 0 aliphatic rings. The highest BCUT2D eigenvalue weighted by Crippen LogP contribution is 2.38. The van der Waals surface area contributed by atoms with E-state index in [9.17, 15) is 9.50 Å². The molecule has 112 valence electrons. The molecule has 0 amide bonds. The molecule has 2 aromatic rings. The molecule has 6 heteroatoms. The summed E-state index contributed by atoms with van der Waals surface area (Å²) in [4.78, 5) is 0. The van der Waals surface area contributed by atoms with Gasteiger partial charge in [-0.15, -0.1) is 0 Å². The van der Waals surface area contributed by atoms with Gasteiger partial charge in [-0.05, 0) is 51.3 Å². The molecule has 0 heterocycles. The summed E-state index contributed by atoms with van der Waals surface area (Å²) in [6.45, 7) is 0.127. The number of aliphatic hydroxyl groups excluding tert-OH is 1. The molecule has 2 rings (SSSR count). The Hall–Kier alpha value is -0.650. The first-order valence-electron chi connectivity index (χ1n) is 6.22. The topological polar surface area (TPSA) is 46.2 Å². The molecule has 2 aromatic carbocycles. The van der Waals surface area contributed by atoms with Crippen molar-refractivity contribution in [3.63, 3.8) is 0 Å². The lowest BCUT2D eigenvalue weighted by Gasteiger charge is -2.24. The Morgan fingerprint density at radius 1 is 1.19 bits per heavy atom. The van der Waals surface area contributed by atoms with Crippen LogP contribution in [0, 0.1) is 5.82 Å². The molecule has 2 unspecified atom stereocenters. The normalized spacial score (nSPS) is 14.0. The van der Waals surface area contributed by atoms with Crippen LogP contribution in [0.4, 0.5) is 4.39 Å². The van der Waals surface area contributed by atoms with Gasteiger partial charge in [0, 0.05) is 22.5 Å². The lowest BCUT2D eigenvalue weighted by Crippen LogP contribution is -2.21. The van der Waals surface area contributed by atoms with Gasteiger partial charge < -0.3 is 10.8 Å². The highest BCUT2D eigenvalue weighted by atomic mass is 79.9. The second-order valence-corrected chi connectivity index (χ2v) is 6.26. The van der Waals surface area contributed by atoms with E-state index >= 15 is 0 Å². The predicted octanol–water partition coefficient (Wildman–Crippen LogP) is 4.67. The summed E-state index contributed by atoms with van der Waals surface area (Å²) in [6.07, 6.45) is -1.00. The third kappa shape index (κ3) is 3.58. The molecule has 2 atom stereocenters. The lowest BCUT2D eigenvalue weighted by atomic mass is 9.89. The van der Waals surface area contributed by atoms with Gasteiger partial charge in [0.15, 0.2) is 0 Å². The summed E-state index contributed by atoms with van der Waals surface area (Å²) >= 11 is 15.4. The monoisotopic (exact) mass is 391 g/mol. The van der Waals surface area contributed by atoms with Crippen LogP contribution in [-0.4, -0.2) is 11.7 Å². The van der Waals surface area contributed by atoms with E-state index in [0.29, 0.717) is 25.6 Å². The quantitative estimate of drug-likeness (QED) is 0.793. The zero-order valence-electron chi connectivity index (χ0n) is 10.9. The number of hydrogen-bond donors (Lipinski definition) is 2. The van der Waals surface area contributed by atoms with E-state index in [0.717, 1.165) is 0 Å². The third-order valence-corrected chi connectivity index (χ3v) is 4.59. The molecule has 21 heavy (non-hydrogen) atoms. The van der Waals surface area contributed by atoms with Crippen LogP contribution in [0.25, 0.3) is 0 Å². The second kappa shape index (κ2) is 7.07. The Morgan fingerprint density at radius 3 is 2.33 bits per heavy atom. The summed E-state index contributed by atoms with van der Waals surface area (Å²) < 4.78 is 14.0. The first-order chi connectivity index (χ1) is 9.95. The van der Waals surface area contributed by atoms with E-state index in [1.807, 2.05) is 0 Å². The Balaban J connectivity index is 2.43. The summed E-state index contributed by atoms with van der Waals surface area (Å²) in [5, 5.41) is 11.4. The van der Waals surface area contributed by atoms with Gasteiger partial charge in [-0.3, -0.25) is 0 Å². The fourth-order valence-electron chi connectivity index (χ4n) is 2.20. The largest absolute Gasteiger partial charge is 0.388 e. The first kappa shape index (κ1) is 16.7. The second-order valence-electron chi connectivity index (χ2n) is 4.60. The van der Waals surface area contributed by atoms with Crippen molar-refractivity contribution in [1.82, 2.24) is 0 Å². The number of rotatable bonds is 4. The van der Waals surface area contributed by atoms with Crippen LogP contribution in [0.1, 0.15) is 23.1 Å². The first-order valence-corrected chi connectivity index (χ1v) is 7.77. The van der Waals surface area contributed by atoms with Gasteiger partial charge in [-0.1, -0.05) is 35.3 Å². The van der Waals surface area contributed by atoms with Crippen molar-refractivity contribution < 1.29 is 9.50 Å². The van der Waals surface area contributed by atoms with Crippen LogP contribution in [0.3, 0.4) is 0 Å². The fraction of sp³-hybridized carbons (Fsp3) is 0.200. The molecule has 0 saturated carbocycles. The van der Waals surface area contributed by atoms with Crippen LogP contribution >= 0.6 is 39.1 Å². The van der Waals surface area contributed by atoms with Crippen LogP contribution in [0.5, 0.6) is 0 Å². The van der Waals surface area contributed by atoms with Crippen molar-refractivity contribution in [3.05, 3.63) is 67.9 Å². The molecule has 0 aromatic heterocycles. The highest BCUT2D eigenvalue weighted by molar-refractivity contribution is 9.10. The summed E-state index contributed by atoms with van der Waals surface area (Å²) in [6, 6.07) is 9.51. The molecule has 2 nitrogen and oxygen atoms in total. The minimum Gasteiger partial charge on any atom is -0.388 e. The Bertz CT molecular complexity index is 633. The van der Waals surface area contributed by atoms with Crippen LogP contribution in [0.2, 0.25) is 10.0 Å². The van der Waals surface area contributed by atoms with Crippen molar-refractivity contribution >= 4 is 39.1 Å². The van der Waals surface area contributed by atoms with E-state index < -0.39 is 17.8 Å². The molecule has 3 N–H and O–H groups in total. The predicted molar refractivity (Wildman–Crippen MR) is 87.3 cm³/mol. The molecular weight excluding hydrogens is 380 g/mol. The smallest absolute Gasteiger partial charge is 0.137 e. The SMILES string of the molecule is NCC(c1c(Cl)cccc1Cl)C(O)c1ccc(Br)c(F)c1. The summed E-state index contributed by atoms with van der Waals surface area (Å²) in [5.74, 6) is -0.973. The van der Waals surface area contributed by atoms with Crippen molar-refractivity contribution in [2.24, 2.45) is 5.73 Å². The minimum absolute atomic E-state index is 0.127. The van der Waals surface area contributed by atoms with Crippen molar-refractivity contribution in [3.8, 4) is 0 Å². The van der Waals surface area contributed by atoms with E-state index in [1.54, 1.807) is 24.3 Å². The zero-order chi connectivity index (χ0) is 15.6. The molecule has 0 aliphatic carbocycles. The van der Waals surface area contributed by atoms with Crippen molar-refractivity contribution in [1.29, 1.82) is 0 Å². The maximum atomic E-state index is 13.6. The molecule has 0 bridgehead atoms. The fourth-order valence-corrected chi connectivity index (χ4v) is 3.12. The summed E-state index contributed by atoms with van der Waals surface area (Å²) in [5.41, 5.74) is 6.76. The number of nitrogens with two attached hydrogens (primary N) is 1. The van der Waals surface area contributed by atoms with Crippen LogP contribution in [-0.2, 0) is 0 Å². The molecule has 0 spiro atoms. The maximum absolute atomic E-state index is 13.6. The molecule has 0 saturated heterocycles. The van der Waals surface area contributed by atoms with Gasteiger partial charge in [-0.2, -0.15) is 0 Å². The van der Waals surface area contributed by atoms with E-state index in [-0.39, 0.29) is 6.54 Å². The van der Waals surface area contributed by atoms with Crippen LogP contribution in [0.15, 0.2) is 40.9 Å². The molecule has 0 fully saturated rings. The van der Waals surface area contributed by atoms with Crippen LogP contribution < -0.4 is 5.73 Å². The summed E-state index contributed by atoms with van der Waals surface area (Å²) in [7, 11) is 0. The standard InChI is InChI=1S/C15H13BrCl2FNO/c16-10-5-4-8(6-13(10)19)15(21)9(7-20)14-11(17)2-1-3-12(14)18/h1-6,9,15,21H,7,20H2. The average Bonchev–Trinajstić information content (AvgIpc) is 2.45. The maximum Gasteiger partial charge on any atom is 0.137 e.